The van der Waals surface area contributed by atoms with E-state index in [1.807, 2.05) is 5.38 Å². The third kappa shape index (κ3) is 3.10. The molecular formula is C9H9N5O3S. The van der Waals surface area contributed by atoms with Crippen LogP contribution in [0.5, 0.6) is 0 Å². The lowest BCUT2D eigenvalue weighted by Crippen LogP contribution is -2.23. The largest absolute Gasteiger partial charge is 0.480 e. The minimum Gasteiger partial charge on any atom is -0.480 e. The average Bonchev–Trinajstić information content (AvgIpc) is 2.95. The Balaban J connectivity index is 1.92. The lowest BCUT2D eigenvalue weighted by atomic mass is 10.4. The lowest BCUT2D eigenvalue weighted by molar-refractivity contribution is -0.137. The summed E-state index contributed by atoms with van der Waals surface area (Å²) in [5.41, 5.74) is 2.50. The van der Waals surface area contributed by atoms with E-state index in [9.17, 15) is 9.59 Å². The van der Waals surface area contributed by atoms with Crippen LogP contribution in [0.25, 0.3) is 0 Å². The van der Waals surface area contributed by atoms with Crippen LogP contribution in [0, 0.1) is 0 Å². The molecule has 1 amide bonds. The van der Waals surface area contributed by atoms with Crippen molar-refractivity contribution in [2.45, 2.75) is 13.1 Å². The van der Waals surface area contributed by atoms with E-state index in [-0.39, 0.29) is 12.2 Å². The second-order valence-electron chi connectivity index (χ2n) is 3.36. The van der Waals surface area contributed by atoms with Crippen molar-refractivity contribution in [3.8, 4) is 0 Å². The first-order valence-corrected chi connectivity index (χ1v) is 5.86. The number of hydrogen-bond donors (Lipinski definition) is 2. The zero-order chi connectivity index (χ0) is 13.0. The summed E-state index contributed by atoms with van der Waals surface area (Å²) >= 11 is 1.44. The van der Waals surface area contributed by atoms with Crippen LogP contribution in [-0.2, 0) is 17.9 Å². The molecular weight excluding hydrogens is 258 g/mol. The molecule has 0 unspecified atom stereocenters. The number of nitrogens with zero attached hydrogens (tertiary/aromatic N) is 4. The van der Waals surface area contributed by atoms with Crippen LogP contribution in [0.2, 0.25) is 0 Å². The first-order chi connectivity index (χ1) is 8.65. The minimum absolute atomic E-state index is 0.0754. The van der Waals surface area contributed by atoms with Crippen LogP contribution < -0.4 is 5.32 Å². The summed E-state index contributed by atoms with van der Waals surface area (Å²) < 4.78 is 1.08. The van der Waals surface area contributed by atoms with E-state index in [1.54, 1.807) is 5.51 Å². The molecule has 0 atom stereocenters. The summed E-state index contributed by atoms with van der Waals surface area (Å²) in [6, 6.07) is 0. The maximum Gasteiger partial charge on any atom is 0.325 e. The molecule has 0 spiro atoms. The van der Waals surface area contributed by atoms with Gasteiger partial charge < -0.3 is 10.4 Å². The number of thiazole rings is 1. The van der Waals surface area contributed by atoms with Gasteiger partial charge in [-0.15, -0.1) is 16.4 Å². The molecule has 18 heavy (non-hydrogen) atoms. The molecule has 0 radical (unpaired) electrons. The summed E-state index contributed by atoms with van der Waals surface area (Å²) in [6.45, 7) is -0.0273. The molecule has 2 rings (SSSR count). The van der Waals surface area contributed by atoms with Gasteiger partial charge in [0.05, 0.1) is 23.9 Å². The van der Waals surface area contributed by atoms with Crippen molar-refractivity contribution >= 4 is 23.2 Å². The van der Waals surface area contributed by atoms with Crippen molar-refractivity contribution in [1.82, 2.24) is 25.3 Å². The van der Waals surface area contributed by atoms with E-state index < -0.39 is 11.9 Å². The number of rotatable bonds is 5. The zero-order valence-electron chi connectivity index (χ0n) is 9.11. The van der Waals surface area contributed by atoms with Crippen LogP contribution in [0.1, 0.15) is 16.2 Å². The van der Waals surface area contributed by atoms with E-state index in [1.165, 1.54) is 17.5 Å². The molecule has 0 aliphatic rings. The number of hydrogen-bond acceptors (Lipinski definition) is 6. The Kier molecular flexibility index (Phi) is 3.63. The van der Waals surface area contributed by atoms with Gasteiger partial charge in [0.1, 0.15) is 6.54 Å². The summed E-state index contributed by atoms with van der Waals surface area (Å²) in [6.07, 6.45) is 1.28. The number of nitrogens with one attached hydrogen (secondary N) is 1. The van der Waals surface area contributed by atoms with Crippen molar-refractivity contribution in [2.24, 2.45) is 0 Å². The predicted octanol–water partition coefficient (Wildman–Crippen LogP) is -0.251. The van der Waals surface area contributed by atoms with Crippen LogP contribution in [0.3, 0.4) is 0 Å². The fraction of sp³-hybridized carbons (Fsp3) is 0.222. The molecule has 0 aromatic carbocycles. The van der Waals surface area contributed by atoms with Crippen LogP contribution in [-0.4, -0.2) is 37.0 Å². The second-order valence-corrected chi connectivity index (χ2v) is 4.08. The summed E-state index contributed by atoms with van der Waals surface area (Å²) in [7, 11) is 0. The number of carbonyl (C=O) groups excluding carboxylic acids is 1. The fourth-order valence-corrected chi connectivity index (χ4v) is 1.76. The van der Waals surface area contributed by atoms with Crippen molar-refractivity contribution < 1.29 is 14.7 Å². The number of amides is 1. The number of carboxylic acids is 1. The molecule has 0 aliphatic heterocycles. The first kappa shape index (κ1) is 12.2. The molecule has 0 fully saturated rings. The maximum absolute atomic E-state index is 11.6. The molecule has 0 saturated carbocycles. The average molecular weight is 267 g/mol. The normalized spacial score (nSPS) is 10.2. The Labute approximate surface area is 105 Å². The zero-order valence-corrected chi connectivity index (χ0v) is 9.92. The third-order valence-corrected chi connectivity index (χ3v) is 2.62. The van der Waals surface area contributed by atoms with Crippen molar-refractivity contribution in [2.75, 3.05) is 0 Å². The van der Waals surface area contributed by atoms with E-state index in [4.69, 9.17) is 5.11 Å². The fourth-order valence-electron chi connectivity index (χ4n) is 1.20. The van der Waals surface area contributed by atoms with Crippen molar-refractivity contribution in [3.05, 3.63) is 28.5 Å². The van der Waals surface area contributed by atoms with Crippen molar-refractivity contribution in [1.29, 1.82) is 0 Å². The highest BCUT2D eigenvalue weighted by Crippen LogP contribution is 2.00. The van der Waals surface area contributed by atoms with E-state index in [0.29, 0.717) is 6.54 Å². The highest BCUT2D eigenvalue weighted by atomic mass is 32.1. The molecule has 0 aliphatic carbocycles. The van der Waals surface area contributed by atoms with Gasteiger partial charge in [-0.1, -0.05) is 5.21 Å². The highest BCUT2D eigenvalue weighted by Gasteiger charge is 2.11. The molecule has 2 aromatic rings. The molecule has 2 heterocycles. The smallest absolute Gasteiger partial charge is 0.325 e. The highest BCUT2D eigenvalue weighted by molar-refractivity contribution is 7.07. The Hall–Kier alpha value is -2.29. The molecule has 0 bridgehead atoms. The summed E-state index contributed by atoms with van der Waals surface area (Å²) in [4.78, 5) is 26.1. The van der Waals surface area contributed by atoms with Crippen LogP contribution in [0.15, 0.2) is 17.1 Å². The Morgan fingerprint density at radius 3 is 3.00 bits per heavy atom. The van der Waals surface area contributed by atoms with Crippen LogP contribution >= 0.6 is 11.3 Å². The van der Waals surface area contributed by atoms with Gasteiger partial charge in [-0.2, -0.15) is 0 Å². The van der Waals surface area contributed by atoms with E-state index in [2.05, 4.69) is 20.6 Å². The van der Waals surface area contributed by atoms with Gasteiger partial charge in [-0.05, 0) is 0 Å². The first-order valence-electron chi connectivity index (χ1n) is 4.92. The van der Waals surface area contributed by atoms with E-state index >= 15 is 0 Å². The molecule has 0 saturated heterocycles. The van der Waals surface area contributed by atoms with Gasteiger partial charge in [-0.3, -0.25) is 9.59 Å². The molecule has 94 valence electrons. The lowest BCUT2D eigenvalue weighted by Gasteiger charge is -1.98. The second kappa shape index (κ2) is 5.36. The van der Waals surface area contributed by atoms with Gasteiger partial charge in [0.2, 0.25) is 0 Å². The predicted molar refractivity (Wildman–Crippen MR) is 60.9 cm³/mol. The Morgan fingerprint density at radius 2 is 2.33 bits per heavy atom. The van der Waals surface area contributed by atoms with Gasteiger partial charge in [0, 0.05) is 5.38 Å². The quantitative estimate of drug-likeness (QED) is 0.773. The minimum atomic E-state index is -1.05. The SMILES string of the molecule is O=C(O)Cn1cc(C(=O)NCc2cscn2)nn1. The van der Waals surface area contributed by atoms with Crippen LogP contribution in [0.4, 0.5) is 0 Å². The molecule has 2 N–H and O–H groups in total. The number of aliphatic carboxylic acids is 1. The van der Waals surface area contributed by atoms with Crippen molar-refractivity contribution in [3.63, 3.8) is 0 Å². The van der Waals surface area contributed by atoms with Gasteiger partial charge >= 0.3 is 5.97 Å². The van der Waals surface area contributed by atoms with E-state index in [0.717, 1.165) is 10.4 Å². The molecule has 9 heteroatoms. The Morgan fingerprint density at radius 1 is 1.50 bits per heavy atom. The van der Waals surface area contributed by atoms with Gasteiger partial charge in [0.25, 0.3) is 5.91 Å². The molecule has 8 nitrogen and oxygen atoms in total. The van der Waals surface area contributed by atoms with Gasteiger partial charge in [0.15, 0.2) is 5.69 Å². The number of carboxylic acid groups (broad SMARTS) is 1. The van der Waals surface area contributed by atoms with Gasteiger partial charge in [-0.25, -0.2) is 9.67 Å². The summed E-state index contributed by atoms with van der Waals surface area (Å²) in [5, 5.41) is 20.1. The molecule has 2 aromatic heterocycles. The number of carbonyl (C=O) groups is 2. The third-order valence-electron chi connectivity index (χ3n) is 1.98. The monoisotopic (exact) mass is 267 g/mol. The Bertz CT molecular complexity index is 550. The number of aromatic nitrogens is 4. The maximum atomic E-state index is 11.6. The topological polar surface area (TPSA) is 110 Å². The standard InChI is InChI=1S/C9H9N5O3S/c15-8(16)3-14-2-7(12-13-14)9(17)10-1-6-4-18-5-11-6/h2,4-5H,1,3H2,(H,10,17)(H,15,16). The summed E-state index contributed by atoms with van der Waals surface area (Å²) in [5.74, 6) is -1.46.